The van der Waals surface area contributed by atoms with Crippen LogP contribution in [0.1, 0.15) is 37.2 Å². The Hall–Kier alpha value is -2.44. The van der Waals surface area contributed by atoms with E-state index in [2.05, 4.69) is 35.7 Å². The number of rotatable bonds is 10. The van der Waals surface area contributed by atoms with Crippen molar-refractivity contribution < 1.29 is 4.79 Å². The van der Waals surface area contributed by atoms with E-state index in [1.165, 1.54) is 11.5 Å². The largest absolute Gasteiger partial charge is 0.355 e. The van der Waals surface area contributed by atoms with Crippen LogP contribution in [0.25, 0.3) is 0 Å². The van der Waals surface area contributed by atoms with Crippen LogP contribution in [0.3, 0.4) is 0 Å². The van der Waals surface area contributed by atoms with Crippen molar-refractivity contribution in [2.75, 3.05) is 18.0 Å². The summed E-state index contributed by atoms with van der Waals surface area (Å²) in [7, 11) is 0. The van der Waals surface area contributed by atoms with Crippen molar-refractivity contribution in [3.63, 3.8) is 0 Å². The third-order valence-electron chi connectivity index (χ3n) is 4.60. The van der Waals surface area contributed by atoms with Gasteiger partial charge in [0.1, 0.15) is 5.82 Å². The lowest BCUT2D eigenvalue weighted by Gasteiger charge is -2.21. The van der Waals surface area contributed by atoms with Crippen LogP contribution >= 0.6 is 23.1 Å². The lowest BCUT2D eigenvalue weighted by Crippen LogP contribution is -2.37. The van der Waals surface area contributed by atoms with Crippen molar-refractivity contribution in [2.24, 2.45) is 5.92 Å². The van der Waals surface area contributed by atoms with Crippen LogP contribution < -0.4 is 10.2 Å². The molecule has 1 heterocycles. The molecule has 0 saturated heterocycles. The topological polar surface area (TPSA) is 58.1 Å². The van der Waals surface area contributed by atoms with Crippen LogP contribution in [0, 0.1) is 5.92 Å². The maximum absolute atomic E-state index is 12.5. The number of hydrogen-bond donors (Lipinski definition) is 1. The Balaban J connectivity index is 1.70. The minimum Gasteiger partial charge on any atom is -0.355 e. The predicted octanol–water partition coefficient (Wildman–Crippen LogP) is 4.95. The van der Waals surface area contributed by atoms with Gasteiger partial charge in [-0.15, -0.1) is 0 Å². The van der Waals surface area contributed by atoms with E-state index in [1.54, 1.807) is 0 Å². The van der Waals surface area contributed by atoms with Crippen LogP contribution in [0.2, 0.25) is 5.02 Å². The average Bonchev–Trinajstić information content (AvgIpc) is 3.18. The first kappa shape index (κ1) is 22.2. The number of amides is 1. The Morgan fingerprint density at radius 3 is 2.53 bits per heavy atom. The number of nitrogens with zero attached hydrogens (tertiary/aromatic N) is 3. The standard InChI is InChI=1S/C23H27ClN4OS/c1-17(2)12-13-25-22(29)16-28(15-19-6-4-3-5-7-19)23-26-21(27-30-23)14-18-8-10-20(24)11-9-18/h3-11,17H,12-16H2,1-2H3,(H,25,29). The van der Waals surface area contributed by atoms with E-state index >= 15 is 0 Å². The Bertz CT molecular complexity index is 928. The summed E-state index contributed by atoms with van der Waals surface area (Å²) in [5, 5.41) is 4.48. The van der Waals surface area contributed by atoms with Gasteiger partial charge in [0.2, 0.25) is 11.0 Å². The van der Waals surface area contributed by atoms with Crippen molar-refractivity contribution in [1.29, 1.82) is 0 Å². The highest BCUT2D eigenvalue weighted by atomic mass is 35.5. The van der Waals surface area contributed by atoms with Crippen molar-refractivity contribution >= 4 is 34.2 Å². The summed E-state index contributed by atoms with van der Waals surface area (Å²) < 4.78 is 4.51. The SMILES string of the molecule is CC(C)CCNC(=O)CN(Cc1ccccc1)c1nc(Cc2ccc(Cl)cc2)ns1. The molecule has 0 aliphatic carbocycles. The minimum absolute atomic E-state index is 0.000956. The van der Waals surface area contributed by atoms with Crippen LogP contribution in [-0.4, -0.2) is 28.4 Å². The zero-order valence-electron chi connectivity index (χ0n) is 17.3. The van der Waals surface area contributed by atoms with E-state index in [-0.39, 0.29) is 12.5 Å². The molecule has 7 heteroatoms. The second-order valence-corrected chi connectivity index (χ2v) is 8.84. The number of aromatic nitrogens is 2. The van der Waals surface area contributed by atoms with Crippen LogP contribution in [0.15, 0.2) is 54.6 Å². The van der Waals surface area contributed by atoms with Gasteiger partial charge in [-0.05, 0) is 35.6 Å². The molecule has 0 saturated carbocycles. The molecule has 1 N–H and O–H groups in total. The molecule has 0 radical (unpaired) electrons. The normalized spacial score (nSPS) is 10.9. The van der Waals surface area contributed by atoms with Crippen LogP contribution in [-0.2, 0) is 17.8 Å². The second kappa shape index (κ2) is 11.1. The molecule has 0 bridgehead atoms. The molecule has 0 atom stereocenters. The lowest BCUT2D eigenvalue weighted by molar-refractivity contribution is -0.119. The Morgan fingerprint density at radius 2 is 1.83 bits per heavy atom. The smallest absolute Gasteiger partial charge is 0.239 e. The molecule has 0 aliphatic heterocycles. The zero-order valence-corrected chi connectivity index (χ0v) is 18.9. The van der Waals surface area contributed by atoms with Crippen LogP contribution in [0.5, 0.6) is 0 Å². The zero-order chi connectivity index (χ0) is 21.3. The third-order valence-corrected chi connectivity index (χ3v) is 5.66. The Labute approximate surface area is 187 Å². The molecule has 0 fully saturated rings. The first-order valence-electron chi connectivity index (χ1n) is 10.1. The fourth-order valence-electron chi connectivity index (χ4n) is 2.95. The highest BCUT2D eigenvalue weighted by Gasteiger charge is 2.17. The fourth-order valence-corrected chi connectivity index (χ4v) is 3.76. The predicted molar refractivity (Wildman–Crippen MR) is 124 cm³/mol. The van der Waals surface area contributed by atoms with Gasteiger partial charge in [0.25, 0.3) is 0 Å². The first-order valence-corrected chi connectivity index (χ1v) is 11.3. The van der Waals surface area contributed by atoms with Gasteiger partial charge >= 0.3 is 0 Å². The van der Waals surface area contributed by atoms with Crippen molar-refractivity contribution in [2.45, 2.75) is 33.2 Å². The molecule has 158 valence electrons. The number of anilines is 1. The Morgan fingerprint density at radius 1 is 1.10 bits per heavy atom. The minimum atomic E-state index is 0.000956. The highest BCUT2D eigenvalue weighted by molar-refractivity contribution is 7.09. The van der Waals surface area contributed by atoms with E-state index in [1.807, 2.05) is 47.4 Å². The van der Waals surface area contributed by atoms with Gasteiger partial charge < -0.3 is 10.2 Å². The summed E-state index contributed by atoms with van der Waals surface area (Å²) in [5.74, 6) is 1.31. The van der Waals surface area contributed by atoms with E-state index < -0.39 is 0 Å². The molecule has 1 amide bonds. The van der Waals surface area contributed by atoms with Crippen molar-refractivity contribution in [3.05, 3.63) is 76.6 Å². The average molecular weight is 443 g/mol. The molecule has 3 aromatic rings. The summed E-state index contributed by atoms with van der Waals surface area (Å²) in [6.45, 7) is 5.85. The quantitative estimate of drug-likeness (QED) is 0.482. The van der Waals surface area contributed by atoms with Crippen molar-refractivity contribution in [1.82, 2.24) is 14.7 Å². The van der Waals surface area contributed by atoms with Gasteiger partial charge in [-0.3, -0.25) is 4.79 Å². The van der Waals surface area contributed by atoms with Gasteiger partial charge in [-0.25, -0.2) is 4.98 Å². The van der Waals surface area contributed by atoms with E-state index in [0.29, 0.717) is 30.5 Å². The van der Waals surface area contributed by atoms with Gasteiger partial charge in [0.15, 0.2) is 0 Å². The highest BCUT2D eigenvalue weighted by Crippen LogP contribution is 2.21. The molecular weight excluding hydrogens is 416 g/mol. The van der Waals surface area contributed by atoms with Crippen LogP contribution in [0.4, 0.5) is 5.13 Å². The summed E-state index contributed by atoms with van der Waals surface area (Å²) in [6, 6.07) is 17.8. The van der Waals surface area contributed by atoms with E-state index in [9.17, 15) is 4.79 Å². The van der Waals surface area contributed by atoms with Crippen molar-refractivity contribution in [3.8, 4) is 0 Å². The van der Waals surface area contributed by atoms with Gasteiger partial charge in [0.05, 0.1) is 6.54 Å². The molecular formula is C23H27ClN4OS. The number of halogens is 1. The maximum Gasteiger partial charge on any atom is 0.239 e. The molecule has 30 heavy (non-hydrogen) atoms. The summed E-state index contributed by atoms with van der Waals surface area (Å²) in [4.78, 5) is 19.2. The molecule has 5 nitrogen and oxygen atoms in total. The molecule has 0 spiro atoms. The number of carbonyl (C=O) groups excluding carboxylic acids is 1. The van der Waals surface area contributed by atoms with E-state index in [0.717, 1.165) is 28.5 Å². The summed E-state index contributed by atoms with van der Waals surface area (Å²) >= 11 is 7.29. The van der Waals surface area contributed by atoms with Gasteiger partial charge in [0, 0.05) is 36.1 Å². The molecule has 3 rings (SSSR count). The van der Waals surface area contributed by atoms with Gasteiger partial charge in [-0.2, -0.15) is 4.37 Å². The second-order valence-electron chi connectivity index (χ2n) is 7.67. The number of nitrogens with one attached hydrogen (secondary N) is 1. The van der Waals surface area contributed by atoms with E-state index in [4.69, 9.17) is 16.6 Å². The molecule has 0 unspecified atom stereocenters. The van der Waals surface area contributed by atoms with Gasteiger partial charge in [-0.1, -0.05) is 67.9 Å². The lowest BCUT2D eigenvalue weighted by atomic mass is 10.1. The monoisotopic (exact) mass is 442 g/mol. The third kappa shape index (κ3) is 7.11. The molecule has 0 aliphatic rings. The molecule has 2 aromatic carbocycles. The molecule has 1 aromatic heterocycles. The number of benzene rings is 2. The maximum atomic E-state index is 12.5. The summed E-state index contributed by atoms with van der Waals surface area (Å²) in [6.07, 6.45) is 1.60. The Kier molecular flexibility index (Phi) is 8.22. The number of carbonyl (C=O) groups is 1. The summed E-state index contributed by atoms with van der Waals surface area (Å²) in [5.41, 5.74) is 2.23. The fraction of sp³-hybridized carbons (Fsp3) is 0.348. The first-order chi connectivity index (χ1) is 14.5. The number of hydrogen-bond acceptors (Lipinski definition) is 5.